The van der Waals surface area contributed by atoms with Crippen LogP contribution in [0.25, 0.3) is 0 Å². The Kier molecular flexibility index (Phi) is 8.62. The maximum atomic E-state index is 13.6. The Hall–Kier alpha value is -2.98. The van der Waals surface area contributed by atoms with Gasteiger partial charge in [-0.3, -0.25) is 4.79 Å². The Morgan fingerprint density at radius 3 is 2.41 bits per heavy atom. The summed E-state index contributed by atoms with van der Waals surface area (Å²) >= 11 is 0. The molecule has 1 heterocycles. The number of halogens is 1. The average Bonchev–Trinajstić information content (AvgIpc) is 3.13. The lowest BCUT2D eigenvalue weighted by Gasteiger charge is -2.21. The lowest BCUT2D eigenvalue weighted by molar-refractivity contribution is -0.124. The molecule has 1 aliphatic rings. The first-order chi connectivity index (χ1) is 16.2. The molecule has 8 nitrogen and oxygen atoms in total. The summed E-state index contributed by atoms with van der Waals surface area (Å²) in [5, 5.41) is 2.55. The van der Waals surface area contributed by atoms with E-state index in [-0.39, 0.29) is 28.6 Å². The van der Waals surface area contributed by atoms with Crippen molar-refractivity contribution in [2.75, 3.05) is 26.8 Å². The number of sulfonamides is 1. The predicted octanol–water partition coefficient (Wildman–Crippen LogP) is 3.18. The molecule has 0 unspecified atom stereocenters. The summed E-state index contributed by atoms with van der Waals surface area (Å²) in [5.74, 6) is -1.65. The fourth-order valence-corrected chi connectivity index (χ4v) is 5.34. The van der Waals surface area contributed by atoms with Gasteiger partial charge in [-0.05, 0) is 55.2 Å². The van der Waals surface area contributed by atoms with Gasteiger partial charge in [-0.15, -0.1) is 0 Å². The summed E-state index contributed by atoms with van der Waals surface area (Å²) in [4.78, 5) is 24.5. The lowest BCUT2D eigenvalue weighted by atomic mass is 10.1. The second-order valence-corrected chi connectivity index (χ2v) is 10.0. The van der Waals surface area contributed by atoms with Crippen LogP contribution in [0.4, 0.5) is 4.39 Å². The number of carbonyl (C=O) groups excluding carboxylic acids is 2. The number of hydrogen-bond donors (Lipinski definition) is 1. The molecular formula is C24H29FN2O6S. The zero-order valence-corrected chi connectivity index (χ0v) is 20.1. The van der Waals surface area contributed by atoms with Crippen LogP contribution in [0.1, 0.15) is 47.2 Å². The van der Waals surface area contributed by atoms with E-state index >= 15 is 0 Å². The quantitative estimate of drug-likeness (QED) is 0.568. The minimum absolute atomic E-state index is 0.0115. The Morgan fingerprint density at radius 2 is 1.76 bits per heavy atom. The summed E-state index contributed by atoms with van der Waals surface area (Å²) < 4.78 is 51.8. The first-order valence-electron chi connectivity index (χ1n) is 11.1. The summed E-state index contributed by atoms with van der Waals surface area (Å²) in [7, 11) is -2.51. The van der Waals surface area contributed by atoms with E-state index in [1.165, 1.54) is 35.7 Å². The van der Waals surface area contributed by atoms with Crippen LogP contribution in [0.2, 0.25) is 0 Å². The maximum Gasteiger partial charge on any atom is 0.338 e. The summed E-state index contributed by atoms with van der Waals surface area (Å²) in [6.45, 7) is 1.97. The van der Waals surface area contributed by atoms with E-state index in [1.54, 1.807) is 19.1 Å². The van der Waals surface area contributed by atoms with E-state index in [9.17, 15) is 22.4 Å². The number of benzene rings is 2. The van der Waals surface area contributed by atoms with Gasteiger partial charge in [0.25, 0.3) is 5.91 Å². The standard InChI is InChI=1S/C24H29FN2O6S/c1-17-7-8-18(13-20(17)25)15-26-23(28)16-33-24(29)19-9-10-21(32-2)22(14-19)34(30,31)27-11-5-3-4-6-12-27/h7-10,13-14H,3-6,11-12,15-16H2,1-2H3,(H,26,28). The third kappa shape index (κ3) is 6.32. The topological polar surface area (TPSA) is 102 Å². The highest BCUT2D eigenvalue weighted by atomic mass is 32.2. The van der Waals surface area contributed by atoms with Gasteiger partial charge in [0, 0.05) is 19.6 Å². The molecule has 0 aromatic heterocycles. The molecule has 184 valence electrons. The van der Waals surface area contributed by atoms with Gasteiger partial charge >= 0.3 is 5.97 Å². The number of carbonyl (C=O) groups is 2. The molecule has 1 N–H and O–H groups in total. The van der Waals surface area contributed by atoms with Gasteiger partial charge in [0.15, 0.2) is 6.61 Å². The largest absolute Gasteiger partial charge is 0.495 e. The first-order valence-corrected chi connectivity index (χ1v) is 12.5. The van der Waals surface area contributed by atoms with Crippen molar-refractivity contribution in [3.8, 4) is 5.75 Å². The highest BCUT2D eigenvalue weighted by Crippen LogP contribution is 2.29. The molecule has 2 aromatic rings. The van der Waals surface area contributed by atoms with Crippen molar-refractivity contribution in [3.05, 3.63) is 58.9 Å². The molecule has 1 amide bonds. The highest BCUT2D eigenvalue weighted by molar-refractivity contribution is 7.89. The molecule has 0 bridgehead atoms. The molecule has 0 spiro atoms. The summed E-state index contributed by atoms with van der Waals surface area (Å²) in [6.07, 6.45) is 3.48. The molecular weight excluding hydrogens is 463 g/mol. The number of methoxy groups -OCH3 is 1. The molecule has 0 atom stereocenters. The molecule has 1 fully saturated rings. The van der Waals surface area contributed by atoms with Crippen LogP contribution in [0.3, 0.4) is 0 Å². The van der Waals surface area contributed by atoms with Crippen molar-refractivity contribution in [2.45, 2.75) is 44.0 Å². The molecule has 0 aliphatic carbocycles. The minimum atomic E-state index is -3.87. The normalized spacial score (nSPS) is 14.8. The average molecular weight is 493 g/mol. The molecule has 1 aliphatic heterocycles. The number of nitrogens with zero attached hydrogens (tertiary/aromatic N) is 1. The molecule has 0 radical (unpaired) electrons. The molecule has 10 heteroatoms. The highest BCUT2D eigenvalue weighted by Gasteiger charge is 2.29. The number of aryl methyl sites for hydroxylation is 1. The van der Waals surface area contributed by atoms with Crippen molar-refractivity contribution in [1.29, 1.82) is 0 Å². The van der Waals surface area contributed by atoms with E-state index < -0.39 is 28.5 Å². The lowest BCUT2D eigenvalue weighted by Crippen LogP contribution is -2.32. The second kappa shape index (κ2) is 11.4. The second-order valence-electron chi connectivity index (χ2n) is 8.12. The van der Waals surface area contributed by atoms with Crippen LogP contribution in [0.15, 0.2) is 41.3 Å². The third-order valence-electron chi connectivity index (χ3n) is 5.64. The van der Waals surface area contributed by atoms with Gasteiger partial charge in [0.05, 0.1) is 12.7 Å². The zero-order valence-electron chi connectivity index (χ0n) is 19.3. The molecule has 0 saturated carbocycles. The van der Waals surface area contributed by atoms with Crippen molar-refractivity contribution in [1.82, 2.24) is 9.62 Å². The summed E-state index contributed by atoms with van der Waals surface area (Å²) in [6, 6.07) is 8.62. The Bertz CT molecular complexity index is 1140. The number of hydrogen-bond acceptors (Lipinski definition) is 6. The number of amides is 1. The third-order valence-corrected chi connectivity index (χ3v) is 7.56. The minimum Gasteiger partial charge on any atom is -0.495 e. The van der Waals surface area contributed by atoms with E-state index in [1.807, 2.05) is 0 Å². The number of ether oxygens (including phenoxy) is 2. The van der Waals surface area contributed by atoms with Crippen LogP contribution in [0.5, 0.6) is 5.75 Å². The van der Waals surface area contributed by atoms with Crippen molar-refractivity contribution in [2.24, 2.45) is 0 Å². The van der Waals surface area contributed by atoms with Crippen LogP contribution in [-0.2, 0) is 26.1 Å². The zero-order chi connectivity index (χ0) is 24.7. The van der Waals surface area contributed by atoms with E-state index in [4.69, 9.17) is 9.47 Å². The van der Waals surface area contributed by atoms with Crippen molar-refractivity contribution < 1.29 is 31.9 Å². The fraction of sp³-hybridized carbons (Fsp3) is 0.417. The molecule has 3 rings (SSSR count). The van der Waals surface area contributed by atoms with Crippen molar-refractivity contribution in [3.63, 3.8) is 0 Å². The van der Waals surface area contributed by atoms with Crippen LogP contribution >= 0.6 is 0 Å². The van der Waals surface area contributed by atoms with Gasteiger partial charge in [0.2, 0.25) is 10.0 Å². The van der Waals surface area contributed by atoms with E-state index in [0.29, 0.717) is 24.2 Å². The monoisotopic (exact) mass is 492 g/mol. The van der Waals surface area contributed by atoms with Crippen LogP contribution < -0.4 is 10.1 Å². The van der Waals surface area contributed by atoms with Gasteiger partial charge in [-0.1, -0.05) is 25.0 Å². The van der Waals surface area contributed by atoms with E-state index in [2.05, 4.69) is 5.32 Å². The van der Waals surface area contributed by atoms with Gasteiger partial charge in [-0.2, -0.15) is 4.31 Å². The molecule has 2 aromatic carbocycles. The Labute approximate surface area is 199 Å². The molecule has 34 heavy (non-hydrogen) atoms. The Morgan fingerprint density at radius 1 is 1.06 bits per heavy atom. The van der Waals surface area contributed by atoms with Crippen LogP contribution in [0, 0.1) is 12.7 Å². The van der Waals surface area contributed by atoms with Crippen molar-refractivity contribution >= 4 is 21.9 Å². The molecule has 1 saturated heterocycles. The van der Waals surface area contributed by atoms with Crippen LogP contribution in [-0.4, -0.2) is 51.4 Å². The maximum absolute atomic E-state index is 13.6. The summed E-state index contributed by atoms with van der Waals surface area (Å²) in [5.41, 5.74) is 1.06. The SMILES string of the molecule is COc1ccc(C(=O)OCC(=O)NCc2ccc(C)c(F)c2)cc1S(=O)(=O)N1CCCCCC1. The van der Waals surface area contributed by atoms with Gasteiger partial charge in [0.1, 0.15) is 16.5 Å². The number of rotatable bonds is 8. The first kappa shape index (κ1) is 25.6. The Balaban J connectivity index is 1.65. The number of esters is 1. The smallest absolute Gasteiger partial charge is 0.338 e. The van der Waals surface area contributed by atoms with Gasteiger partial charge in [-0.25, -0.2) is 17.6 Å². The predicted molar refractivity (Wildman–Crippen MR) is 123 cm³/mol. The number of nitrogens with one attached hydrogen (secondary N) is 1. The van der Waals surface area contributed by atoms with Gasteiger partial charge < -0.3 is 14.8 Å². The van der Waals surface area contributed by atoms with E-state index in [0.717, 1.165) is 25.7 Å². The fourth-order valence-electron chi connectivity index (χ4n) is 3.64.